The van der Waals surface area contributed by atoms with Crippen LogP contribution in [0.3, 0.4) is 0 Å². The number of benzene rings is 1. The van der Waals surface area contributed by atoms with Crippen molar-refractivity contribution in [3.8, 4) is 0 Å². The van der Waals surface area contributed by atoms with Crippen LogP contribution in [-0.2, 0) is 4.74 Å². The number of halogens is 1. The van der Waals surface area contributed by atoms with Gasteiger partial charge in [-0.05, 0) is 56.3 Å². The van der Waals surface area contributed by atoms with Crippen molar-refractivity contribution in [1.82, 2.24) is 5.32 Å². The molecule has 134 valence electrons. The van der Waals surface area contributed by atoms with E-state index in [2.05, 4.69) is 5.32 Å². The van der Waals surface area contributed by atoms with Gasteiger partial charge >= 0.3 is 6.09 Å². The van der Waals surface area contributed by atoms with E-state index in [0.717, 1.165) is 5.56 Å². The number of carbonyl (C=O) groups is 2. The summed E-state index contributed by atoms with van der Waals surface area (Å²) in [4.78, 5) is 25.0. The lowest BCUT2D eigenvalue weighted by Gasteiger charge is -2.24. The van der Waals surface area contributed by atoms with Crippen molar-refractivity contribution < 1.29 is 18.7 Å². The van der Waals surface area contributed by atoms with Crippen LogP contribution in [0.1, 0.15) is 54.9 Å². The molecule has 1 heterocycles. The van der Waals surface area contributed by atoms with Crippen LogP contribution in [0.4, 0.5) is 9.18 Å². The molecule has 1 aromatic heterocycles. The summed E-state index contributed by atoms with van der Waals surface area (Å²) >= 11 is 1.39. The Morgan fingerprint density at radius 2 is 1.88 bits per heavy atom. The molecule has 0 aliphatic rings. The molecule has 6 heteroatoms. The van der Waals surface area contributed by atoms with Gasteiger partial charge in [0.2, 0.25) is 0 Å². The number of carbonyl (C=O) groups excluding carboxylic acids is 2. The van der Waals surface area contributed by atoms with Gasteiger partial charge in [0.25, 0.3) is 0 Å². The van der Waals surface area contributed by atoms with Gasteiger partial charge in [0.1, 0.15) is 11.4 Å². The molecule has 0 aliphatic heterocycles. The molecule has 0 fully saturated rings. The van der Waals surface area contributed by atoms with Crippen molar-refractivity contribution in [2.45, 2.75) is 45.3 Å². The van der Waals surface area contributed by atoms with Gasteiger partial charge in [-0.15, -0.1) is 11.3 Å². The van der Waals surface area contributed by atoms with E-state index in [1.807, 2.05) is 11.4 Å². The molecule has 1 amide bonds. The minimum Gasteiger partial charge on any atom is -0.444 e. The second-order valence-electron chi connectivity index (χ2n) is 6.69. The normalized spacial score (nSPS) is 12.5. The quantitative estimate of drug-likeness (QED) is 0.725. The Hall–Kier alpha value is -2.21. The van der Waals surface area contributed by atoms with Gasteiger partial charge in [0, 0.05) is 6.42 Å². The highest BCUT2D eigenvalue weighted by atomic mass is 32.1. The number of ketones is 1. The van der Waals surface area contributed by atoms with Crippen molar-refractivity contribution in [2.24, 2.45) is 0 Å². The van der Waals surface area contributed by atoms with Crippen molar-refractivity contribution in [1.29, 1.82) is 0 Å². The first-order valence-electron chi connectivity index (χ1n) is 8.06. The van der Waals surface area contributed by atoms with Crippen LogP contribution in [0.5, 0.6) is 0 Å². The Bertz CT molecular complexity index is 705. The number of hydrogen-bond donors (Lipinski definition) is 1. The third kappa shape index (κ3) is 6.31. The topological polar surface area (TPSA) is 55.4 Å². The predicted octanol–water partition coefficient (Wildman–Crippen LogP) is 5.12. The first kappa shape index (κ1) is 19.1. The highest BCUT2D eigenvalue weighted by Crippen LogP contribution is 2.22. The average molecular weight is 363 g/mol. The van der Waals surface area contributed by atoms with E-state index in [-0.39, 0.29) is 18.0 Å². The molecule has 2 rings (SSSR count). The van der Waals surface area contributed by atoms with Gasteiger partial charge < -0.3 is 10.1 Å². The van der Waals surface area contributed by atoms with E-state index >= 15 is 0 Å². The molecule has 0 spiro atoms. The Labute approximate surface area is 151 Å². The van der Waals surface area contributed by atoms with Crippen LogP contribution < -0.4 is 5.32 Å². The number of hydrogen-bond acceptors (Lipinski definition) is 4. The molecular formula is C19H22FNO3S. The van der Waals surface area contributed by atoms with Gasteiger partial charge in [-0.25, -0.2) is 9.18 Å². The van der Waals surface area contributed by atoms with E-state index < -0.39 is 17.7 Å². The first-order chi connectivity index (χ1) is 11.7. The van der Waals surface area contributed by atoms with Gasteiger partial charge in [0.05, 0.1) is 10.9 Å². The zero-order valence-corrected chi connectivity index (χ0v) is 15.4. The number of ether oxygens (including phenoxy) is 1. The number of nitrogens with one attached hydrogen (secondary N) is 1. The monoisotopic (exact) mass is 363 g/mol. The molecule has 0 bridgehead atoms. The number of rotatable bonds is 6. The fraction of sp³-hybridized carbons (Fsp3) is 0.368. The Kier molecular flexibility index (Phi) is 6.31. The molecule has 1 aromatic carbocycles. The van der Waals surface area contributed by atoms with Crippen molar-refractivity contribution in [2.75, 3.05) is 0 Å². The summed E-state index contributed by atoms with van der Waals surface area (Å²) in [6, 6.07) is 9.05. The largest absolute Gasteiger partial charge is 0.444 e. The maximum Gasteiger partial charge on any atom is 0.408 e. The fourth-order valence-corrected chi connectivity index (χ4v) is 3.00. The van der Waals surface area contributed by atoms with Crippen LogP contribution in [0.25, 0.3) is 0 Å². The summed E-state index contributed by atoms with van der Waals surface area (Å²) < 4.78 is 18.5. The molecule has 1 unspecified atom stereocenters. The van der Waals surface area contributed by atoms with Crippen LogP contribution in [0, 0.1) is 5.82 Å². The zero-order chi connectivity index (χ0) is 18.4. The summed E-state index contributed by atoms with van der Waals surface area (Å²) in [5.41, 5.74) is 0.107. The third-order valence-corrected chi connectivity index (χ3v) is 4.33. The van der Waals surface area contributed by atoms with E-state index in [0.29, 0.717) is 11.3 Å². The van der Waals surface area contributed by atoms with Crippen LogP contribution in [-0.4, -0.2) is 17.5 Å². The number of thiophene rings is 1. The summed E-state index contributed by atoms with van der Waals surface area (Å²) in [6.07, 6.45) is 0.116. The Morgan fingerprint density at radius 3 is 2.44 bits per heavy atom. The first-order valence-corrected chi connectivity index (χ1v) is 8.94. The maximum atomic E-state index is 13.2. The van der Waals surface area contributed by atoms with E-state index in [1.165, 1.54) is 23.5 Å². The summed E-state index contributed by atoms with van der Waals surface area (Å²) in [6.45, 7) is 5.33. The van der Waals surface area contributed by atoms with Crippen molar-refractivity contribution in [3.05, 3.63) is 58.0 Å². The minimum atomic E-state index is -0.621. The molecule has 0 radical (unpaired) electrons. The summed E-state index contributed by atoms with van der Waals surface area (Å²) in [5.74, 6) is -0.331. The van der Waals surface area contributed by atoms with E-state index in [1.54, 1.807) is 39.0 Å². The maximum absolute atomic E-state index is 13.2. The fourth-order valence-electron chi connectivity index (χ4n) is 2.30. The minimum absolute atomic E-state index is 0.0214. The smallest absolute Gasteiger partial charge is 0.408 e. The van der Waals surface area contributed by atoms with E-state index in [9.17, 15) is 14.0 Å². The average Bonchev–Trinajstić information content (AvgIpc) is 3.04. The van der Waals surface area contributed by atoms with Crippen LogP contribution >= 0.6 is 11.3 Å². The lowest BCUT2D eigenvalue weighted by atomic mass is 10.0. The number of alkyl carbamates (subject to hydrolysis) is 1. The van der Waals surface area contributed by atoms with Gasteiger partial charge in [-0.1, -0.05) is 18.2 Å². The van der Waals surface area contributed by atoms with Crippen molar-refractivity contribution >= 4 is 23.2 Å². The molecule has 25 heavy (non-hydrogen) atoms. The molecule has 1 N–H and O–H groups in total. The Morgan fingerprint density at radius 1 is 1.20 bits per heavy atom. The third-order valence-electron chi connectivity index (χ3n) is 3.42. The standard InChI is InChI=1S/C19H22FNO3S/c1-19(2,3)24-18(23)21-15(13-6-8-14(20)9-7-13)10-11-16(22)17-5-4-12-25-17/h4-9,12,15H,10-11H2,1-3H3,(H,21,23). The molecule has 0 saturated carbocycles. The highest BCUT2D eigenvalue weighted by Gasteiger charge is 2.21. The highest BCUT2D eigenvalue weighted by molar-refractivity contribution is 7.12. The van der Waals surface area contributed by atoms with E-state index in [4.69, 9.17) is 4.74 Å². The Balaban J connectivity index is 2.07. The van der Waals surface area contributed by atoms with Crippen LogP contribution in [0.15, 0.2) is 41.8 Å². The van der Waals surface area contributed by atoms with Crippen molar-refractivity contribution in [3.63, 3.8) is 0 Å². The zero-order valence-electron chi connectivity index (χ0n) is 14.5. The summed E-state index contributed by atoms with van der Waals surface area (Å²) in [7, 11) is 0. The summed E-state index contributed by atoms with van der Waals surface area (Å²) in [5, 5.41) is 4.63. The lowest BCUT2D eigenvalue weighted by molar-refractivity contribution is 0.0498. The molecule has 4 nitrogen and oxygen atoms in total. The molecular weight excluding hydrogens is 341 g/mol. The second-order valence-corrected chi connectivity index (χ2v) is 7.64. The molecule has 2 aromatic rings. The number of amides is 1. The van der Waals surface area contributed by atoms with Gasteiger partial charge in [0.15, 0.2) is 5.78 Å². The lowest BCUT2D eigenvalue weighted by Crippen LogP contribution is -2.35. The molecule has 0 aliphatic carbocycles. The number of Topliss-reactive ketones (excluding diaryl/α,β-unsaturated/α-hetero) is 1. The SMILES string of the molecule is CC(C)(C)OC(=O)NC(CCC(=O)c1cccs1)c1ccc(F)cc1. The molecule has 0 saturated heterocycles. The van der Waals surface area contributed by atoms with Crippen LogP contribution in [0.2, 0.25) is 0 Å². The van der Waals surface area contributed by atoms with Gasteiger partial charge in [-0.2, -0.15) is 0 Å². The molecule has 1 atom stereocenters. The second kappa shape index (κ2) is 8.25. The predicted molar refractivity (Wildman–Crippen MR) is 96.4 cm³/mol. The van der Waals surface area contributed by atoms with Gasteiger partial charge in [-0.3, -0.25) is 4.79 Å².